The Morgan fingerprint density at radius 1 is 1.05 bits per heavy atom. The number of urea groups is 1. The highest BCUT2D eigenvalue weighted by molar-refractivity contribution is 6.31. The molecule has 0 aromatic heterocycles. The highest BCUT2D eigenvalue weighted by Gasteiger charge is 2.06. The first-order valence-electron chi connectivity index (χ1n) is 6.57. The number of carbonyl (C=O) groups is 1. The summed E-state index contributed by atoms with van der Waals surface area (Å²) >= 11 is 5.93. The van der Waals surface area contributed by atoms with Crippen LogP contribution in [0.4, 0.5) is 21.9 Å². The van der Waals surface area contributed by atoms with Gasteiger partial charge in [0.25, 0.3) is 0 Å². The molecule has 4 nitrogen and oxygen atoms in total. The molecule has 2 rings (SSSR count). The number of nitrogens with zero attached hydrogens (tertiary/aromatic N) is 1. The van der Waals surface area contributed by atoms with E-state index in [0.717, 1.165) is 16.9 Å². The fraction of sp³-hybridized carbons (Fsp3) is 0.188. The molecule has 0 aliphatic carbocycles. The van der Waals surface area contributed by atoms with Crippen molar-refractivity contribution in [1.82, 2.24) is 0 Å². The molecular formula is C16H18ClN3O. The van der Waals surface area contributed by atoms with Gasteiger partial charge in [0, 0.05) is 36.2 Å². The Kier molecular flexibility index (Phi) is 4.70. The lowest BCUT2D eigenvalue weighted by atomic mass is 10.2. The number of hydrogen-bond donors (Lipinski definition) is 2. The van der Waals surface area contributed by atoms with Crippen molar-refractivity contribution in [3.63, 3.8) is 0 Å². The topological polar surface area (TPSA) is 44.4 Å². The van der Waals surface area contributed by atoms with Gasteiger partial charge >= 0.3 is 6.03 Å². The normalized spacial score (nSPS) is 10.1. The maximum absolute atomic E-state index is 12.0. The van der Waals surface area contributed by atoms with Gasteiger partial charge in [0.1, 0.15) is 0 Å². The third-order valence-electron chi connectivity index (χ3n) is 3.09. The summed E-state index contributed by atoms with van der Waals surface area (Å²) in [7, 11) is 3.94. The zero-order valence-electron chi connectivity index (χ0n) is 12.3. The van der Waals surface area contributed by atoms with Crippen molar-refractivity contribution in [3.8, 4) is 0 Å². The Bertz CT molecular complexity index is 638. The zero-order valence-corrected chi connectivity index (χ0v) is 13.0. The predicted octanol–water partition coefficient (Wildman–Crippen LogP) is 4.36. The van der Waals surface area contributed by atoms with E-state index in [1.807, 2.05) is 56.3 Å². The lowest BCUT2D eigenvalue weighted by Crippen LogP contribution is -2.20. The van der Waals surface area contributed by atoms with Crippen LogP contribution in [-0.2, 0) is 0 Å². The van der Waals surface area contributed by atoms with E-state index in [0.29, 0.717) is 10.7 Å². The maximum Gasteiger partial charge on any atom is 0.323 e. The first-order valence-corrected chi connectivity index (χ1v) is 6.95. The number of amides is 2. The maximum atomic E-state index is 12.0. The second-order valence-corrected chi connectivity index (χ2v) is 5.42. The lowest BCUT2D eigenvalue weighted by molar-refractivity contribution is 0.262. The van der Waals surface area contributed by atoms with Crippen LogP contribution in [0.2, 0.25) is 5.02 Å². The summed E-state index contributed by atoms with van der Waals surface area (Å²) < 4.78 is 0. The van der Waals surface area contributed by atoms with Gasteiger partial charge in [-0.1, -0.05) is 17.7 Å². The third-order valence-corrected chi connectivity index (χ3v) is 3.32. The van der Waals surface area contributed by atoms with Crippen molar-refractivity contribution < 1.29 is 4.79 Å². The Morgan fingerprint density at radius 3 is 2.33 bits per heavy atom. The van der Waals surface area contributed by atoms with E-state index in [-0.39, 0.29) is 6.03 Å². The third kappa shape index (κ3) is 4.13. The monoisotopic (exact) mass is 303 g/mol. The van der Waals surface area contributed by atoms with Crippen LogP contribution in [0.15, 0.2) is 42.5 Å². The molecule has 2 N–H and O–H groups in total. The molecule has 0 aliphatic heterocycles. The van der Waals surface area contributed by atoms with Gasteiger partial charge in [0.2, 0.25) is 0 Å². The van der Waals surface area contributed by atoms with E-state index in [1.165, 1.54) is 0 Å². The van der Waals surface area contributed by atoms with Crippen molar-refractivity contribution in [2.45, 2.75) is 6.92 Å². The van der Waals surface area contributed by atoms with E-state index in [2.05, 4.69) is 10.6 Å². The Balaban J connectivity index is 2.03. The summed E-state index contributed by atoms with van der Waals surface area (Å²) in [5.41, 5.74) is 3.46. The highest BCUT2D eigenvalue weighted by Crippen LogP contribution is 2.21. The lowest BCUT2D eigenvalue weighted by Gasteiger charge is -2.13. The molecule has 0 bridgehead atoms. The van der Waals surface area contributed by atoms with Crippen LogP contribution < -0.4 is 15.5 Å². The Labute approximate surface area is 129 Å². The number of anilines is 3. The minimum absolute atomic E-state index is 0.294. The molecule has 0 atom stereocenters. The number of benzene rings is 2. The van der Waals surface area contributed by atoms with Gasteiger partial charge in [-0.25, -0.2) is 4.79 Å². The minimum atomic E-state index is -0.294. The highest BCUT2D eigenvalue weighted by atomic mass is 35.5. The molecule has 5 heteroatoms. The van der Waals surface area contributed by atoms with Crippen molar-refractivity contribution in [2.75, 3.05) is 29.6 Å². The first-order chi connectivity index (χ1) is 9.95. The number of halogens is 1. The molecule has 2 aromatic carbocycles. The predicted molar refractivity (Wildman–Crippen MR) is 89.6 cm³/mol. The number of nitrogens with one attached hydrogen (secondary N) is 2. The molecule has 0 saturated carbocycles. The van der Waals surface area contributed by atoms with Crippen LogP contribution >= 0.6 is 11.6 Å². The van der Waals surface area contributed by atoms with Crippen molar-refractivity contribution in [2.24, 2.45) is 0 Å². The van der Waals surface area contributed by atoms with Gasteiger partial charge in [-0.2, -0.15) is 0 Å². The van der Waals surface area contributed by atoms with Gasteiger partial charge in [-0.3, -0.25) is 0 Å². The fourth-order valence-corrected chi connectivity index (χ4v) is 2.03. The second kappa shape index (κ2) is 6.50. The van der Waals surface area contributed by atoms with E-state index < -0.39 is 0 Å². The van der Waals surface area contributed by atoms with E-state index in [1.54, 1.807) is 12.1 Å². The smallest absolute Gasteiger partial charge is 0.323 e. The van der Waals surface area contributed by atoms with E-state index >= 15 is 0 Å². The number of carbonyl (C=O) groups excluding carboxylic acids is 1. The molecule has 110 valence electrons. The van der Waals surface area contributed by atoms with Crippen LogP contribution in [0.5, 0.6) is 0 Å². The Morgan fingerprint density at radius 2 is 1.71 bits per heavy atom. The van der Waals surface area contributed by atoms with Gasteiger partial charge in [0.15, 0.2) is 0 Å². The summed E-state index contributed by atoms with van der Waals surface area (Å²) in [6.45, 7) is 1.91. The van der Waals surface area contributed by atoms with Crippen LogP contribution in [-0.4, -0.2) is 20.1 Å². The van der Waals surface area contributed by atoms with Gasteiger partial charge in [0.05, 0.1) is 0 Å². The van der Waals surface area contributed by atoms with Crippen molar-refractivity contribution >= 4 is 34.7 Å². The molecule has 2 amide bonds. The number of aryl methyl sites for hydroxylation is 1. The average molecular weight is 304 g/mol. The molecule has 0 heterocycles. The fourth-order valence-electron chi connectivity index (χ4n) is 1.86. The molecule has 2 aromatic rings. The summed E-state index contributed by atoms with van der Waals surface area (Å²) in [5, 5.41) is 6.17. The second-order valence-electron chi connectivity index (χ2n) is 4.98. The van der Waals surface area contributed by atoms with Crippen LogP contribution in [0.25, 0.3) is 0 Å². The van der Waals surface area contributed by atoms with Crippen LogP contribution in [0.1, 0.15) is 5.56 Å². The number of rotatable bonds is 3. The summed E-state index contributed by atoms with van der Waals surface area (Å²) in [6, 6.07) is 12.7. The van der Waals surface area contributed by atoms with Crippen molar-refractivity contribution in [3.05, 3.63) is 53.1 Å². The summed E-state index contributed by atoms with van der Waals surface area (Å²) in [5.74, 6) is 0. The zero-order chi connectivity index (χ0) is 15.4. The molecular weight excluding hydrogens is 286 g/mol. The van der Waals surface area contributed by atoms with Gasteiger partial charge in [-0.15, -0.1) is 0 Å². The Hall–Kier alpha value is -2.20. The molecule has 0 radical (unpaired) electrons. The van der Waals surface area contributed by atoms with E-state index in [9.17, 15) is 4.79 Å². The SMILES string of the molecule is Cc1ccc(Cl)cc1NC(=O)Nc1ccc(N(C)C)cc1. The molecule has 0 aliphatic rings. The molecule has 0 spiro atoms. The molecule has 0 fully saturated rings. The molecule has 0 saturated heterocycles. The van der Waals surface area contributed by atoms with E-state index in [4.69, 9.17) is 11.6 Å². The summed E-state index contributed by atoms with van der Waals surface area (Å²) in [6.07, 6.45) is 0. The minimum Gasteiger partial charge on any atom is -0.378 e. The van der Waals surface area contributed by atoms with Gasteiger partial charge in [-0.05, 0) is 48.9 Å². The average Bonchev–Trinajstić information content (AvgIpc) is 2.43. The molecule has 0 unspecified atom stereocenters. The van der Waals surface area contributed by atoms with Crippen LogP contribution in [0, 0.1) is 6.92 Å². The summed E-state index contributed by atoms with van der Waals surface area (Å²) in [4.78, 5) is 14.0. The quantitative estimate of drug-likeness (QED) is 0.885. The number of hydrogen-bond acceptors (Lipinski definition) is 2. The first kappa shape index (κ1) is 15.2. The largest absolute Gasteiger partial charge is 0.378 e. The molecule has 21 heavy (non-hydrogen) atoms. The van der Waals surface area contributed by atoms with Crippen molar-refractivity contribution in [1.29, 1.82) is 0 Å². The standard InChI is InChI=1S/C16H18ClN3O/c1-11-4-5-12(17)10-15(11)19-16(21)18-13-6-8-14(9-7-13)20(2)3/h4-10H,1-3H3,(H2,18,19,21). The van der Waals surface area contributed by atoms with Crippen LogP contribution in [0.3, 0.4) is 0 Å². The van der Waals surface area contributed by atoms with Gasteiger partial charge < -0.3 is 15.5 Å².